The Bertz CT molecular complexity index is 441. The van der Waals surface area contributed by atoms with Gasteiger partial charge in [-0.25, -0.2) is 0 Å². The fourth-order valence-corrected chi connectivity index (χ4v) is 7.93. The average molecular weight is 828 g/mol. The van der Waals surface area contributed by atoms with Crippen molar-refractivity contribution in [2.45, 2.75) is 237 Å². The van der Waals surface area contributed by atoms with Crippen molar-refractivity contribution < 1.29 is 32.9 Å². The van der Waals surface area contributed by atoms with E-state index in [0.29, 0.717) is 0 Å². The van der Waals surface area contributed by atoms with E-state index in [2.05, 4.69) is 83.1 Å². The van der Waals surface area contributed by atoms with Crippen LogP contribution in [0, 0.1) is 0 Å². The molecule has 0 aromatic rings. The third-order valence-electron chi connectivity index (χ3n) is 11.8. The number of hydrogen-bond acceptors (Lipinski definition) is 0. The molecule has 0 spiro atoms. The quantitative estimate of drug-likeness (QED) is 0.0436. The Morgan fingerprint density at radius 2 is 0.250 bits per heavy atom. The van der Waals surface area contributed by atoms with E-state index in [1.165, 1.54) is 246 Å². The van der Waals surface area contributed by atoms with Crippen LogP contribution in [0.15, 0.2) is 0 Å². The number of nitrogens with zero attached hydrogens (tertiary/aromatic N) is 3. The van der Waals surface area contributed by atoms with Gasteiger partial charge in [0.25, 0.3) is 0 Å². The van der Waals surface area contributed by atoms with E-state index in [4.69, 9.17) is 0 Å². The number of hydrogen-bond donors (Lipinski definition) is 0. The molecule has 3 nitrogen and oxygen atoms in total. The Balaban J connectivity index is -0.000000329. The normalized spacial score (nSPS) is 11.8. The molecule has 0 aliphatic rings. The van der Waals surface area contributed by atoms with Gasteiger partial charge in [-0.2, -0.15) is 0 Å². The summed E-state index contributed by atoms with van der Waals surface area (Å²) in [6, 6.07) is 0. The van der Waals surface area contributed by atoms with Crippen molar-refractivity contribution >= 4 is 0 Å². The molecule has 0 aromatic heterocycles. The van der Waals surface area contributed by atoms with Crippen LogP contribution >= 0.6 is 0 Å². The summed E-state index contributed by atoms with van der Waals surface area (Å²) in [6.45, 7) is 45.1. The van der Waals surface area contributed by atoms with E-state index >= 15 is 0 Å². The molecule has 0 N–H and O–H groups in total. The summed E-state index contributed by atoms with van der Waals surface area (Å²) in [5, 5.41) is 0. The third kappa shape index (κ3) is 33.8. The second-order valence-corrected chi connectivity index (χ2v) is 17.0. The Hall–Kier alpha value is 0.503. The third-order valence-corrected chi connectivity index (χ3v) is 11.8. The zero-order valence-electron chi connectivity index (χ0n) is 39.2. The van der Waals surface area contributed by atoms with Crippen LogP contribution in [-0.2, 0) is 19.5 Å². The van der Waals surface area contributed by atoms with Crippen LogP contribution in [0.5, 0.6) is 0 Å². The van der Waals surface area contributed by atoms with E-state index < -0.39 is 0 Å². The molecule has 0 aliphatic carbocycles. The zero-order valence-corrected chi connectivity index (χ0v) is 40.9. The van der Waals surface area contributed by atoms with Crippen molar-refractivity contribution in [3.8, 4) is 0 Å². The summed E-state index contributed by atoms with van der Waals surface area (Å²) in [5.74, 6) is 0. The molecule has 0 fully saturated rings. The Morgan fingerprint density at radius 3 is 0.308 bits per heavy atom. The smallest absolute Gasteiger partial charge is 0.324 e. The first-order chi connectivity index (χ1) is 24.7. The minimum Gasteiger partial charge on any atom is -0.324 e. The van der Waals surface area contributed by atoms with E-state index in [1.54, 1.807) is 0 Å². The van der Waals surface area contributed by atoms with Crippen LogP contribution in [-0.4, -0.2) is 92.0 Å². The SMILES string of the molecule is CCCC[N+](CCCC)(CCCC)CCCC.CCCC[N+](CCCC)(CCCC)CCCC.CCCC[N+](CCCC)(CCCC)CCCC.[Ru+3]. The molecule has 0 atom stereocenters. The molecule has 0 bridgehead atoms. The summed E-state index contributed by atoms with van der Waals surface area (Å²) in [4.78, 5) is 0. The molecule has 52 heavy (non-hydrogen) atoms. The van der Waals surface area contributed by atoms with E-state index in [-0.39, 0.29) is 19.5 Å². The molecular weight excluding hydrogens is 720 g/mol. The second kappa shape index (κ2) is 44.2. The zero-order chi connectivity index (χ0) is 39.0. The minimum atomic E-state index is 0. The maximum absolute atomic E-state index is 2.33. The van der Waals surface area contributed by atoms with Crippen LogP contribution in [0.25, 0.3) is 0 Å². The topological polar surface area (TPSA) is 0 Å². The van der Waals surface area contributed by atoms with Crippen LogP contribution in [0.2, 0.25) is 0 Å². The predicted molar refractivity (Wildman–Crippen MR) is 238 cm³/mol. The van der Waals surface area contributed by atoms with Gasteiger partial charge in [0.1, 0.15) is 0 Å². The van der Waals surface area contributed by atoms with Crippen molar-refractivity contribution in [1.29, 1.82) is 0 Å². The van der Waals surface area contributed by atoms with Crippen LogP contribution in [0.3, 0.4) is 0 Å². The molecule has 4 heteroatoms. The van der Waals surface area contributed by atoms with E-state index in [0.717, 1.165) is 0 Å². The molecule has 0 saturated carbocycles. The van der Waals surface area contributed by atoms with Gasteiger partial charge in [-0.1, -0.05) is 160 Å². The maximum atomic E-state index is 2.33. The average Bonchev–Trinajstić information content (AvgIpc) is 3.16. The molecule has 0 heterocycles. The first-order valence-electron chi connectivity index (χ1n) is 24.3. The van der Waals surface area contributed by atoms with Gasteiger partial charge in [-0.05, 0) is 77.0 Å². The summed E-state index contributed by atoms with van der Waals surface area (Å²) in [7, 11) is 0. The van der Waals surface area contributed by atoms with Crippen LogP contribution < -0.4 is 0 Å². The standard InChI is InChI=1S/3C16H36N.Ru/c3*1-5-9-13-17(14-10-6-2,15-11-7-3)16-12-8-4;/h3*5-16H2,1-4H3;/q3*+1;+3. The summed E-state index contributed by atoms with van der Waals surface area (Å²) < 4.78 is 4.26. The van der Waals surface area contributed by atoms with Gasteiger partial charge in [-0.15, -0.1) is 0 Å². The molecule has 0 rings (SSSR count). The summed E-state index contributed by atoms with van der Waals surface area (Å²) >= 11 is 0. The molecule has 317 valence electrons. The van der Waals surface area contributed by atoms with Crippen molar-refractivity contribution in [2.24, 2.45) is 0 Å². The van der Waals surface area contributed by atoms with Crippen molar-refractivity contribution in [2.75, 3.05) is 78.5 Å². The second-order valence-electron chi connectivity index (χ2n) is 17.0. The molecule has 1 radical (unpaired) electrons. The molecule has 0 aliphatic heterocycles. The van der Waals surface area contributed by atoms with Gasteiger partial charge >= 0.3 is 19.5 Å². The van der Waals surface area contributed by atoms with E-state index in [9.17, 15) is 0 Å². The fourth-order valence-electron chi connectivity index (χ4n) is 7.93. The molecule has 0 aromatic carbocycles. The first-order valence-corrected chi connectivity index (χ1v) is 24.3. The Labute approximate surface area is 347 Å². The van der Waals surface area contributed by atoms with Gasteiger partial charge in [0.15, 0.2) is 0 Å². The maximum Gasteiger partial charge on any atom is 3.00 e. The van der Waals surface area contributed by atoms with Gasteiger partial charge in [0.05, 0.1) is 78.5 Å². The predicted octanol–water partition coefficient (Wildman–Crippen LogP) is 15.0. The number of unbranched alkanes of at least 4 members (excludes halogenated alkanes) is 12. The van der Waals surface area contributed by atoms with Gasteiger partial charge in [-0.3, -0.25) is 0 Å². The first kappa shape index (κ1) is 59.2. The Kier molecular flexibility index (Phi) is 50.3. The van der Waals surface area contributed by atoms with E-state index in [1.807, 2.05) is 0 Å². The van der Waals surface area contributed by atoms with Gasteiger partial charge in [0.2, 0.25) is 0 Å². The summed E-state index contributed by atoms with van der Waals surface area (Å²) in [6.07, 6.45) is 33.2. The van der Waals surface area contributed by atoms with Gasteiger partial charge in [0, 0.05) is 0 Å². The number of rotatable bonds is 36. The molecule has 0 amide bonds. The fraction of sp³-hybridized carbons (Fsp3) is 1.00. The summed E-state index contributed by atoms with van der Waals surface area (Å²) in [5.41, 5.74) is 0. The molecule has 0 unspecified atom stereocenters. The Morgan fingerprint density at radius 1 is 0.173 bits per heavy atom. The monoisotopic (exact) mass is 829 g/mol. The van der Waals surface area contributed by atoms with Crippen molar-refractivity contribution in [1.82, 2.24) is 0 Å². The largest absolute Gasteiger partial charge is 3.00 e. The van der Waals surface area contributed by atoms with Crippen LogP contribution in [0.1, 0.15) is 237 Å². The molecule has 0 saturated heterocycles. The van der Waals surface area contributed by atoms with Crippen LogP contribution in [0.4, 0.5) is 0 Å². The number of quaternary nitrogens is 3. The van der Waals surface area contributed by atoms with Crippen molar-refractivity contribution in [3.63, 3.8) is 0 Å². The van der Waals surface area contributed by atoms with Crippen molar-refractivity contribution in [3.05, 3.63) is 0 Å². The minimum absolute atomic E-state index is 0. The van der Waals surface area contributed by atoms with Gasteiger partial charge < -0.3 is 13.4 Å². The molecular formula is C48H108N3Ru+6.